The highest BCUT2D eigenvalue weighted by atomic mass is 16.6. The van der Waals surface area contributed by atoms with Gasteiger partial charge in [-0.25, -0.2) is 4.98 Å². The fourth-order valence-electron chi connectivity index (χ4n) is 2.29. The molecule has 0 radical (unpaired) electrons. The molecular weight excluding hydrogens is 294 g/mol. The van der Waals surface area contributed by atoms with E-state index in [4.69, 9.17) is 0 Å². The van der Waals surface area contributed by atoms with E-state index in [1.807, 2.05) is 6.92 Å². The van der Waals surface area contributed by atoms with Gasteiger partial charge in [0.1, 0.15) is 5.82 Å². The van der Waals surface area contributed by atoms with Gasteiger partial charge in [-0.05, 0) is 43.9 Å². The van der Waals surface area contributed by atoms with E-state index < -0.39 is 10.5 Å². The van der Waals surface area contributed by atoms with Crippen molar-refractivity contribution in [3.05, 3.63) is 40.4 Å². The topological polar surface area (TPSA) is 88.3 Å². The SMILES string of the molecule is CC(C)CCC(C)(O)CNc1ccc2cc([N+](=O)[O-])ccc2n1. The quantitative estimate of drug-likeness (QED) is 0.600. The van der Waals surface area contributed by atoms with Crippen molar-refractivity contribution in [1.29, 1.82) is 0 Å². The van der Waals surface area contributed by atoms with E-state index in [9.17, 15) is 15.2 Å². The van der Waals surface area contributed by atoms with Gasteiger partial charge in [-0.3, -0.25) is 10.1 Å². The number of benzene rings is 1. The Morgan fingerprint density at radius 3 is 2.74 bits per heavy atom. The monoisotopic (exact) mass is 317 g/mol. The van der Waals surface area contributed by atoms with E-state index in [1.54, 1.807) is 18.2 Å². The Hall–Kier alpha value is -2.21. The van der Waals surface area contributed by atoms with Gasteiger partial charge in [0.15, 0.2) is 0 Å². The van der Waals surface area contributed by atoms with Crippen LogP contribution in [0.5, 0.6) is 0 Å². The minimum atomic E-state index is -0.795. The van der Waals surface area contributed by atoms with Crippen LogP contribution in [0, 0.1) is 16.0 Å². The van der Waals surface area contributed by atoms with Crippen molar-refractivity contribution in [3.8, 4) is 0 Å². The summed E-state index contributed by atoms with van der Waals surface area (Å²) < 4.78 is 0. The van der Waals surface area contributed by atoms with Gasteiger partial charge < -0.3 is 10.4 Å². The van der Waals surface area contributed by atoms with E-state index in [2.05, 4.69) is 24.1 Å². The maximum Gasteiger partial charge on any atom is 0.270 e. The number of rotatable bonds is 7. The maximum absolute atomic E-state index is 10.8. The van der Waals surface area contributed by atoms with Crippen molar-refractivity contribution in [1.82, 2.24) is 4.98 Å². The van der Waals surface area contributed by atoms with Crippen molar-refractivity contribution >= 4 is 22.4 Å². The molecule has 0 spiro atoms. The first-order valence-corrected chi connectivity index (χ1v) is 7.78. The molecule has 0 aliphatic rings. The zero-order valence-corrected chi connectivity index (χ0v) is 13.7. The highest BCUT2D eigenvalue weighted by molar-refractivity contribution is 5.82. The van der Waals surface area contributed by atoms with Gasteiger partial charge in [0, 0.05) is 24.1 Å². The predicted octanol–water partition coefficient (Wildman–Crippen LogP) is 3.74. The number of hydrogen-bond donors (Lipinski definition) is 2. The van der Waals surface area contributed by atoms with E-state index in [0.29, 0.717) is 23.8 Å². The van der Waals surface area contributed by atoms with Crippen LogP contribution in [0.4, 0.5) is 11.5 Å². The lowest BCUT2D eigenvalue weighted by Gasteiger charge is -2.24. The summed E-state index contributed by atoms with van der Waals surface area (Å²) >= 11 is 0. The first kappa shape index (κ1) is 17.1. The average molecular weight is 317 g/mol. The summed E-state index contributed by atoms with van der Waals surface area (Å²) in [6, 6.07) is 8.14. The average Bonchev–Trinajstić information content (AvgIpc) is 2.50. The minimum absolute atomic E-state index is 0.0524. The molecule has 0 aliphatic carbocycles. The second-order valence-electron chi connectivity index (χ2n) is 6.61. The van der Waals surface area contributed by atoms with Gasteiger partial charge in [0.05, 0.1) is 16.0 Å². The first-order valence-electron chi connectivity index (χ1n) is 7.78. The molecule has 0 bridgehead atoms. The zero-order valence-electron chi connectivity index (χ0n) is 13.7. The molecule has 1 atom stereocenters. The summed E-state index contributed by atoms with van der Waals surface area (Å²) in [5.74, 6) is 1.20. The molecule has 1 aromatic heterocycles. The molecule has 0 amide bonds. The Labute approximate surface area is 135 Å². The fraction of sp³-hybridized carbons (Fsp3) is 0.471. The van der Waals surface area contributed by atoms with Gasteiger partial charge in [-0.1, -0.05) is 13.8 Å². The summed E-state index contributed by atoms with van der Waals surface area (Å²) in [4.78, 5) is 14.8. The van der Waals surface area contributed by atoms with Crippen LogP contribution in [0.1, 0.15) is 33.6 Å². The number of fused-ring (bicyclic) bond motifs is 1. The third-order valence-electron chi connectivity index (χ3n) is 3.79. The molecule has 0 aliphatic heterocycles. The Morgan fingerprint density at radius 2 is 2.09 bits per heavy atom. The Kier molecular flexibility index (Phi) is 5.15. The fourth-order valence-corrected chi connectivity index (χ4v) is 2.29. The lowest BCUT2D eigenvalue weighted by Crippen LogP contribution is -2.34. The molecule has 1 unspecified atom stereocenters. The minimum Gasteiger partial charge on any atom is -0.388 e. The van der Waals surface area contributed by atoms with Gasteiger partial charge in [0.25, 0.3) is 5.69 Å². The van der Waals surface area contributed by atoms with Crippen molar-refractivity contribution in [2.75, 3.05) is 11.9 Å². The number of pyridine rings is 1. The molecule has 2 rings (SSSR count). The van der Waals surface area contributed by atoms with Crippen LogP contribution in [0.25, 0.3) is 10.9 Å². The van der Waals surface area contributed by atoms with Gasteiger partial charge >= 0.3 is 0 Å². The lowest BCUT2D eigenvalue weighted by atomic mass is 9.95. The zero-order chi connectivity index (χ0) is 17.0. The highest BCUT2D eigenvalue weighted by Crippen LogP contribution is 2.22. The van der Waals surface area contributed by atoms with Crippen LogP contribution in [-0.2, 0) is 0 Å². The van der Waals surface area contributed by atoms with Crippen LogP contribution in [0.15, 0.2) is 30.3 Å². The van der Waals surface area contributed by atoms with Crippen molar-refractivity contribution in [2.45, 2.75) is 39.2 Å². The third-order valence-corrected chi connectivity index (χ3v) is 3.79. The van der Waals surface area contributed by atoms with Crippen LogP contribution < -0.4 is 5.32 Å². The van der Waals surface area contributed by atoms with Gasteiger partial charge in [-0.15, -0.1) is 0 Å². The number of nitrogens with zero attached hydrogens (tertiary/aromatic N) is 2. The largest absolute Gasteiger partial charge is 0.388 e. The first-order chi connectivity index (χ1) is 10.8. The van der Waals surface area contributed by atoms with Crippen LogP contribution >= 0.6 is 0 Å². The summed E-state index contributed by atoms with van der Waals surface area (Å²) in [6.45, 7) is 6.49. The number of aromatic nitrogens is 1. The molecule has 6 heteroatoms. The maximum atomic E-state index is 10.8. The molecule has 124 valence electrons. The number of non-ortho nitro benzene ring substituents is 1. The molecule has 0 saturated heterocycles. The Bertz CT molecular complexity index is 699. The van der Waals surface area contributed by atoms with E-state index >= 15 is 0 Å². The molecule has 2 N–H and O–H groups in total. The number of anilines is 1. The molecule has 1 aromatic carbocycles. The van der Waals surface area contributed by atoms with Crippen molar-refractivity contribution < 1.29 is 10.0 Å². The number of hydrogen-bond acceptors (Lipinski definition) is 5. The van der Waals surface area contributed by atoms with Crippen molar-refractivity contribution in [2.24, 2.45) is 5.92 Å². The number of aliphatic hydroxyl groups is 1. The van der Waals surface area contributed by atoms with Crippen LogP contribution in [0.3, 0.4) is 0 Å². The lowest BCUT2D eigenvalue weighted by molar-refractivity contribution is -0.384. The Morgan fingerprint density at radius 1 is 1.35 bits per heavy atom. The molecule has 23 heavy (non-hydrogen) atoms. The third kappa shape index (κ3) is 4.89. The highest BCUT2D eigenvalue weighted by Gasteiger charge is 2.20. The molecule has 6 nitrogen and oxygen atoms in total. The van der Waals surface area contributed by atoms with E-state index in [0.717, 1.165) is 18.2 Å². The Balaban J connectivity index is 2.06. The number of nitro benzene ring substituents is 1. The summed E-state index contributed by atoms with van der Waals surface area (Å²) in [5.41, 5.74) is -0.0600. The summed E-state index contributed by atoms with van der Waals surface area (Å²) in [6.07, 6.45) is 1.68. The second kappa shape index (κ2) is 6.91. The van der Waals surface area contributed by atoms with E-state index in [1.165, 1.54) is 12.1 Å². The predicted molar refractivity (Wildman–Crippen MR) is 91.6 cm³/mol. The van der Waals surface area contributed by atoms with Crippen LogP contribution in [0.2, 0.25) is 0 Å². The summed E-state index contributed by atoms with van der Waals surface area (Å²) in [7, 11) is 0. The molecule has 0 saturated carbocycles. The summed E-state index contributed by atoms with van der Waals surface area (Å²) in [5, 5.41) is 25.0. The smallest absolute Gasteiger partial charge is 0.270 e. The molecular formula is C17H23N3O3. The number of nitro groups is 1. The molecule has 0 fully saturated rings. The standard InChI is InChI=1S/C17H23N3O3/c1-12(2)8-9-17(3,21)11-18-16-7-4-13-10-14(20(22)23)5-6-15(13)19-16/h4-7,10,12,21H,8-9,11H2,1-3H3,(H,18,19). The molecule has 2 aromatic rings. The van der Waals surface area contributed by atoms with Gasteiger partial charge in [-0.2, -0.15) is 0 Å². The van der Waals surface area contributed by atoms with E-state index in [-0.39, 0.29) is 5.69 Å². The normalized spacial score (nSPS) is 14.0. The second-order valence-corrected chi connectivity index (χ2v) is 6.61. The van der Waals surface area contributed by atoms with Gasteiger partial charge in [0.2, 0.25) is 0 Å². The number of nitrogens with one attached hydrogen (secondary N) is 1. The van der Waals surface area contributed by atoms with Crippen molar-refractivity contribution in [3.63, 3.8) is 0 Å². The molecule has 1 heterocycles. The van der Waals surface area contributed by atoms with Crippen LogP contribution in [-0.4, -0.2) is 27.2 Å².